The van der Waals surface area contributed by atoms with Gasteiger partial charge in [-0.25, -0.2) is 9.67 Å². The fraction of sp³-hybridized carbons (Fsp3) is 0.0833. The summed E-state index contributed by atoms with van der Waals surface area (Å²) in [6.45, 7) is 0.578. The number of hydrogen-bond donors (Lipinski definition) is 1. The Hall–Kier alpha value is -2.43. The standard InChI is InChI=1S/C12H11N5/c13-12-14-8-17(16-12)7-10-6-5-9-3-1-2-4-11(9)15-10/h1-6,8H,7H2,(H2,13,16). The van der Waals surface area contributed by atoms with Crippen molar-refractivity contribution in [2.45, 2.75) is 6.54 Å². The van der Waals surface area contributed by atoms with Crippen molar-refractivity contribution >= 4 is 16.9 Å². The first-order valence-electron chi connectivity index (χ1n) is 5.31. The largest absolute Gasteiger partial charge is 0.367 e. The van der Waals surface area contributed by atoms with Crippen molar-refractivity contribution in [1.29, 1.82) is 0 Å². The number of hydrogen-bond acceptors (Lipinski definition) is 4. The summed E-state index contributed by atoms with van der Waals surface area (Å²) in [5.41, 5.74) is 7.38. The van der Waals surface area contributed by atoms with E-state index >= 15 is 0 Å². The zero-order valence-corrected chi connectivity index (χ0v) is 9.11. The van der Waals surface area contributed by atoms with E-state index in [1.165, 1.54) is 0 Å². The van der Waals surface area contributed by atoms with Crippen LogP contribution in [0.4, 0.5) is 5.95 Å². The van der Waals surface area contributed by atoms with Crippen LogP contribution in [-0.4, -0.2) is 19.7 Å². The molecule has 2 heterocycles. The van der Waals surface area contributed by atoms with Gasteiger partial charge in [0.2, 0.25) is 5.95 Å². The summed E-state index contributed by atoms with van der Waals surface area (Å²) in [5.74, 6) is 0.283. The van der Waals surface area contributed by atoms with Gasteiger partial charge in [0.25, 0.3) is 0 Å². The summed E-state index contributed by atoms with van der Waals surface area (Å²) in [7, 11) is 0. The van der Waals surface area contributed by atoms with Gasteiger partial charge in [-0.2, -0.15) is 0 Å². The quantitative estimate of drug-likeness (QED) is 0.716. The van der Waals surface area contributed by atoms with Crippen LogP contribution in [0.15, 0.2) is 42.7 Å². The van der Waals surface area contributed by atoms with Gasteiger partial charge in [0.1, 0.15) is 6.33 Å². The Morgan fingerprint density at radius 2 is 2.00 bits per heavy atom. The van der Waals surface area contributed by atoms with Gasteiger partial charge in [0.15, 0.2) is 0 Å². The van der Waals surface area contributed by atoms with Gasteiger partial charge >= 0.3 is 0 Å². The maximum Gasteiger partial charge on any atom is 0.239 e. The molecule has 0 bridgehead atoms. The van der Waals surface area contributed by atoms with Crippen molar-refractivity contribution in [2.24, 2.45) is 0 Å². The van der Waals surface area contributed by atoms with Gasteiger partial charge in [-0.05, 0) is 12.1 Å². The zero-order valence-electron chi connectivity index (χ0n) is 9.11. The average Bonchev–Trinajstić information content (AvgIpc) is 2.75. The van der Waals surface area contributed by atoms with Crippen molar-refractivity contribution in [1.82, 2.24) is 19.7 Å². The molecule has 5 nitrogen and oxygen atoms in total. The molecule has 0 fully saturated rings. The van der Waals surface area contributed by atoms with E-state index in [0.717, 1.165) is 16.6 Å². The molecule has 5 heteroatoms. The molecular weight excluding hydrogens is 214 g/mol. The number of rotatable bonds is 2. The molecule has 1 aromatic carbocycles. The van der Waals surface area contributed by atoms with E-state index in [-0.39, 0.29) is 5.95 Å². The summed E-state index contributed by atoms with van der Waals surface area (Å²) in [4.78, 5) is 8.43. The predicted molar refractivity (Wildman–Crippen MR) is 65.3 cm³/mol. The van der Waals surface area contributed by atoms with E-state index in [2.05, 4.69) is 21.1 Å². The van der Waals surface area contributed by atoms with Crippen molar-refractivity contribution in [3.05, 3.63) is 48.4 Å². The van der Waals surface area contributed by atoms with Crippen LogP contribution in [0.2, 0.25) is 0 Å². The van der Waals surface area contributed by atoms with Crippen LogP contribution in [-0.2, 0) is 6.54 Å². The van der Waals surface area contributed by atoms with E-state index in [0.29, 0.717) is 6.54 Å². The third-order valence-electron chi connectivity index (χ3n) is 2.53. The molecule has 2 aromatic heterocycles. The van der Waals surface area contributed by atoms with Crippen LogP contribution in [0.1, 0.15) is 5.69 Å². The van der Waals surface area contributed by atoms with Crippen molar-refractivity contribution < 1.29 is 0 Å². The molecule has 17 heavy (non-hydrogen) atoms. The normalized spacial score (nSPS) is 10.8. The molecule has 0 aliphatic rings. The minimum Gasteiger partial charge on any atom is -0.367 e. The molecular formula is C12H11N5. The lowest BCUT2D eigenvalue weighted by Crippen LogP contribution is -2.03. The molecule has 3 aromatic rings. The van der Waals surface area contributed by atoms with Crippen LogP contribution >= 0.6 is 0 Å². The molecule has 84 valence electrons. The van der Waals surface area contributed by atoms with Gasteiger partial charge in [-0.3, -0.25) is 4.98 Å². The summed E-state index contributed by atoms with van der Waals surface area (Å²) >= 11 is 0. The number of benzene rings is 1. The first-order valence-corrected chi connectivity index (χ1v) is 5.31. The molecule has 0 spiro atoms. The second-order valence-corrected chi connectivity index (χ2v) is 3.80. The monoisotopic (exact) mass is 225 g/mol. The van der Waals surface area contributed by atoms with Gasteiger partial charge < -0.3 is 5.73 Å². The second kappa shape index (κ2) is 3.86. The number of nitrogens with zero attached hydrogens (tertiary/aromatic N) is 4. The van der Waals surface area contributed by atoms with Crippen LogP contribution < -0.4 is 5.73 Å². The van der Waals surface area contributed by atoms with Crippen molar-refractivity contribution in [3.8, 4) is 0 Å². The summed E-state index contributed by atoms with van der Waals surface area (Å²) in [5, 5.41) is 5.16. The lowest BCUT2D eigenvalue weighted by molar-refractivity contribution is 0.675. The Labute approximate surface area is 97.9 Å². The average molecular weight is 225 g/mol. The fourth-order valence-corrected chi connectivity index (χ4v) is 1.75. The van der Waals surface area contributed by atoms with E-state index in [4.69, 9.17) is 5.73 Å². The molecule has 0 aliphatic carbocycles. The molecule has 0 unspecified atom stereocenters. The molecule has 0 atom stereocenters. The van der Waals surface area contributed by atoms with Gasteiger partial charge in [0.05, 0.1) is 17.8 Å². The molecule has 0 saturated heterocycles. The molecule has 3 rings (SSSR count). The Morgan fingerprint density at radius 1 is 1.12 bits per heavy atom. The molecule has 0 radical (unpaired) electrons. The Balaban J connectivity index is 1.95. The summed E-state index contributed by atoms with van der Waals surface area (Å²) < 4.78 is 1.67. The minimum absolute atomic E-state index is 0.283. The molecule has 0 amide bonds. The number of aromatic nitrogens is 4. The highest BCUT2D eigenvalue weighted by Crippen LogP contribution is 2.12. The Kier molecular flexibility index (Phi) is 2.22. The Morgan fingerprint density at radius 3 is 2.82 bits per heavy atom. The number of fused-ring (bicyclic) bond motifs is 1. The molecule has 2 N–H and O–H groups in total. The topological polar surface area (TPSA) is 69.6 Å². The lowest BCUT2D eigenvalue weighted by Gasteiger charge is -2.02. The maximum absolute atomic E-state index is 5.46. The minimum atomic E-state index is 0.283. The van der Waals surface area contributed by atoms with Crippen LogP contribution in [0.3, 0.4) is 0 Å². The van der Waals surface area contributed by atoms with Gasteiger partial charge in [-0.1, -0.05) is 24.3 Å². The smallest absolute Gasteiger partial charge is 0.239 e. The van der Waals surface area contributed by atoms with Gasteiger partial charge in [-0.15, -0.1) is 5.10 Å². The van der Waals surface area contributed by atoms with Crippen molar-refractivity contribution in [2.75, 3.05) is 5.73 Å². The predicted octanol–water partition coefficient (Wildman–Crippen LogP) is 1.46. The SMILES string of the molecule is Nc1ncn(Cc2ccc3ccccc3n2)n1. The zero-order chi connectivity index (χ0) is 11.7. The van der Waals surface area contributed by atoms with Gasteiger partial charge in [0, 0.05) is 5.39 Å². The molecule has 0 aliphatic heterocycles. The Bertz CT molecular complexity index is 659. The maximum atomic E-state index is 5.46. The number of anilines is 1. The highest BCUT2D eigenvalue weighted by molar-refractivity contribution is 5.78. The first-order chi connectivity index (χ1) is 8.31. The van der Waals surface area contributed by atoms with E-state index in [9.17, 15) is 0 Å². The van der Waals surface area contributed by atoms with Crippen molar-refractivity contribution in [3.63, 3.8) is 0 Å². The third kappa shape index (κ3) is 1.94. The molecule has 0 saturated carbocycles. The summed E-state index contributed by atoms with van der Waals surface area (Å²) in [6, 6.07) is 12.1. The number of nitrogen functional groups attached to an aromatic ring is 1. The number of nitrogens with two attached hydrogens (primary N) is 1. The van der Waals surface area contributed by atoms with Crippen LogP contribution in [0.5, 0.6) is 0 Å². The van der Waals surface area contributed by atoms with E-state index in [1.807, 2.05) is 30.3 Å². The number of para-hydroxylation sites is 1. The van der Waals surface area contributed by atoms with E-state index in [1.54, 1.807) is 11.0 Å². The number of pyridine rings is 1. The van der Waals surface area contributed by atoms with Crippen LogP contribution in [0, 0.1) is 0 Å². The lowest BCUT2D eigenvalue weighted by atomic mass is 10.2. The van der Waals surface area contributed by atoms with Crippen LogP contribution in [0.25, 0.3) is 10.9 Å². The second-order valence-electron chi connectivity index (χ2n) is 3.80. The highest BCUT2D eigenvalue weighted by atomic mass is 15.4. The third-order valence-corrected chi connectivity index (χ3v) is 2.53. The first kappa shape index (κ1) is 9.77. The summed E-state index contributed by atoms with van der Waals surface area (Å²) in [6.07, 6.45) is 1.60. The highest BCUT2D eigenvalue weighted by Gasteiger charge is 2.01. The fourth-order valence-electron chi connectivity index (χ4n) is 1.75. The van der Waals surface area contributed by atoms with E-state index < -0.39 is 0 Å².